The molecule has 1 aromatic rings. The number of benzene rings is 1. The van der Waals surface area contributed by atoms with Crippen LogP contribution in [0.5, 0.6) is 5.75 Å². The molecule has 122 valence electrons. The summed E-state index contributed by atoms with van der Waals surface area (Å²) >= 11 is 0. The maximum absolute atomic E-state index is 12.0. The van der Waals surface area contributed by atoms with E-state index in [1.807, 2.05) is 4.90 Å². The van der Waals surface area contributed by atoms with Crippen LogP contribution in [0, 0.1) is 0 Å². The molecule has 4 nitrogen and oxygen atoms in total. The van der Waals surface area contributed by atoms with Crippen molar-refractivity contribution in [2.45, 2.75) is 38.8 Å². The summed E-state index contributed by atoms with van der Waals surface area (Å²) in [6.45, 7) is 0.124. The molecule has 6 heteroatoms. The number of likely N-dealkylation sites (tertiary alicyclic amines) is 1. The molecular weight excluding hydrogens is 290 g/mol. The molecule has 0 radical (unpaired) electrons. The Labute approximate surface area is 129 Å². The van der Waals surface area contributed by atoms with Gasteiger partial charge in [0.1, 0.15) is 5.75 Å². The van der Waals surface area contributed by atoms with Gasteiger partial charge in [0.2, 0.25) is 5.91 Å². The van der Waals surface area contributed by atoms with Gasteiger partial charge >= 0.3 is 6.61 Å². The Hall–Kier alpha value is -1.69. The van der Waals surface area contributed by atoms with Crippen molar-refractivity contribution >= 4 is 5.91 Å². The van der Waals surface area contributed by atoms with Gasteiger partial charge in [-0.2, -0.15) is 8.78 Å². The average molecular weight is 312 g/mol. The Kier molecular flexibility index (Phi) is 6.58. The number of rotatable bonds is 7. The number of nitrogens with one attached hydrogen (secondary N) is 1. The van der Waals surface area contributed by atoms with E-state index in [0.717, 1.165) is 37.9 Å². The molecular formula is C16H22F2N2O2. The number of ether oxygens (including phenoxy) is 1. The lowest BCUT2D eigenvalue weighted by Crippen LogP contribution is -2.36. The fourth-order valence-electron chi connectivity index (χ4n) is 2.51. The highest BCUT2D eigenvalue weighted by molar-refractivity contribution is 5.76. The summed E-state index contributed by atoms with van der Waals surface area (Å²) in [6, 6.07) is 6.56. The zero-order valence-corrected chi connectivity index (χ0v) is 12.6. The van der Waals surface area contributed by atoms with E-state index in [1.165, 1.54) is 12.1 Å². The summed E-state index contributed by atoms with van der Waals surface area (Å²) in [4.78, 5) is 13.7. The molecule has 0 atom stereocenters. The first-order valence-electron chi connectivity index (χ1n) is 7.67. The number of alkyl halides is 2. The van der Waals surface area contributed by atoms with Crippen molar-refractivity contribution in [1.82, 2.24) is 10.2 Å². The number of halogens is 2. The van der Waals surface area contributed by atoms with Crippen LogP contribution in [-0.4, -0.2) is 37.1 Å². The van der Waals surface area contributed by atoms with Gasteiger partial charge in [-0.05, 0) is 30.5 Å². The number of hydrogen-bond donors (Lipinski definition) is 1. The fraction of sp³-hybridized carbons (Fsp3) is 0.562. The number of amides is 1. The number of hydrogen-bond acceptors (Lipinski definition) is 3. The highest BCUT2D eigenvalue weighted by Gasteiger charge is 2.15. The molecule has 0 aromatic heterocycles. The monoisotopic (exact) mass is 312 g/mol. The highest BCUT2D eigenvalue weighted by atomic mass is 19.3. The Morgan fingerprint density at radius 3 is 2.68 bits per heavy atom. The molecule has 0 aliphatic carbocycles. The van der Waals surface area contributed by atoms with Crippen molar-refractivity contribution in [3.8, 4) is 5.75 Å². The van der Waals surface area contributed by atoms with E-state index in [1.54, 1.807) is 12.1 Å². The van der Waals surface area contributed by atoms with Crippen LogP contribution in [0.25, 0.3) is 0 Å². The average Bonchev–Trinajstić information content (AvgIpc) is 2.69. The van der Waals surface area contributed by atoms with Crippen molar-refractivity contribution < 1.29 is 18.3 Å². The Morgan fingerprint density at radius 2 is 1.95 bits per heavy atom. The lowest BCUT2D eigenvalue weighted by molar-refractivity contribution is -0.130. The summed E-state index contributed by atoms with van der Waals surface area (Å²) in [5, 5.41) is 3.27. The van der Waals surface area contributed by atoms with Crippen LogP contribution in [0.3, 0.4) is 0 Å². The first-order chi connectivity index (χ1) is 10.6. The molecule has 0 spiro atoms. The summed E-state index contributed by atoms with van der Waals surface area (Å²) < 4.78 is 28.4. The van der Waals surface area contributed by atoms with E-state index in [4.69, 9.17) is 0 Å². The van der Waals surface area contributed by atoms with Crippen LogP contribution in [0.1, 0.15) is 31.2 Å². The van der Waals surface area contributed by atoms with Gasteiger partial charge in [-0.15, -0.1) is 0 Å². The standard InChI is InChI=1S/C16H22F2N2O2/c17-16(18)22-14-7-5-13(6-8-14)12-19-9-11-20-10-3-1-2-4-15(20)21/h5-8,16,19H,1-4,9-12H2. The summed E-state index contributed by atoms with van der Waals surface area (Å²) in [5.41, 5.74) is 0.990. The third-order valence-corrected chi connectivity index (χ3v) is 3.71. The molecule has 1 fully saturated rings. The zero-order chi connectivity index (χ0) is 15.8. The van der Waals surface area contributed by atoms with Crippen molar-refractivity contribution in [3.63, 3.8) is 0 Å². The first kappa shape index (κ1) is 16.7. The number of carbonyl (C=O) groups is 1. The van der Waals surface area contributed by atoms with Crippen LogP contribution >= 0.6 is 0 Å². The second-order valence-corrected chi connectivity index (χ2v) is 5.39. The summed E-state index contributed by atoms with van der Waals surface area (Å²) in [7, 11) is 0. The summed E-state index contributed by atoms with van der Waals surface area (Å²) in [5.74, 6) is 0.404. The SMILES string of the molecule is O=C1CCCCCN1CCNCc1ccc(OC(F)F)cc1. The van der Waals surface area contributed by atoms with E-state index in [0.29, 0.717) is 19.5 Å². The lowest BCUT2D eigenvalue weighted by Gasteiger charge is -2.20. The van der Waals surface area contributed by atoms with Crippen LogP contribution in [-0.2, 0) is 11.3 Å². The molecule has 0 unspecified atom stereocenters. The van der Waals surface area contributed by atoms with Gasteiger partial charge in [0.25, 0.3) is 0 Å². The fourth-order valence-corrected chi connectivity index (χ4v) is 2.51. The molecule has 1 saturated heterocycles. The summed E-state index contributed by atoms with van der Waals surface area (Å²) in [6.07, 6.45) is 3.86. The number of carbonyl (C=O) groups excluding carboxylic acids is 1. The minimum atomic E-state index is -2.80. The minimum absolute atomic E-state index is 0.161. The van der Waals surface area contributed by atoms with Gasteiger partial charge < -0.3 is 15.0 Å². The Morgan fingerprint density at radius 1 is 1.18 bits per heavy atom. The predicted octanol–water partition coefficient (Wildman–Crippen LogP) is 2.78. The van der Waals surface area contributed by atoms with Gasteiger partial charge in [0, 0.05) is 32.6 Å². The largest absolute Gasteiger partial charge is 0.435 e. The number of nitrogens with zero attached hydrogens (tertiary/aromatic N) is 1. The van der Waals surface area contributed by atoms with Crippen LogP contribution in [0.15, 0.2) is 24.3 Å². The van der Waals surface area contributed by atoms with E-state index in [9.17, 15) is 13.6 Å². The second kappa shape index (κ2) is 8.68. The molecule has 2 rings (SSSR count). The van der Waals surface area contributed by atoms with E-state index in [-0.39, 0.29) is 11.7 Å². The van der Waals surface area contributed by atoms with Crippen LogP contribution < -0.4 is 10.1 Å². The van der Waals surface area contributed by atoms with Crippen molar-refractivity contribution in [2.24, 2.45) is 0 Å². The molecule has 1 heterocycles. The lowest BCUT2D eigenvalue weighted by atomic mass is 10.2. The van der Waals surface area contributed by atoms with Gasteiger partial charge in [0.05, 0.1) is 0 Å². The molecule has 1 aromatic carbocycles. The molecule has 0 saturated carbocycles. The van der Waals surface area contributed by atoms with Crippen molar-refractivity contribution in [3.05, 3.63) is 29.8 Å². The molecule has 1 aliphatic rings. The van der Waals surface area contributed by atoms with Gasteiger partial charge in [-0.25, -0.2) is 0 Å². The van der Waals surface area contributed by atoms with Gasteiger partial charge in [-0.1, -0.05) is 18.6 Å². The van der Waals surface area contributed by atoms with Gasteiger partial charge in [0.15, 0.2) is 0 Å². The van der Waals surface area contributed by atoms with E-state index >= 15 is 0 Å². The van der Waals surface area contributed by atoms with E-state index in [2.05, 4.69) is 10.1 Å². The first-order valence-corrected chi connectivity index (χ1v) is 7.67. The Balaban J connectivity index is 1.68. The molecule has 1 amide bonds. The molecule has 1 aliphatic heterocycles. The second-order valence-electron chi connectivity index (χ2n) is 5.39. The zero-order valence-electron chi connectivity index (χ0n) is 12.6. The maximum atomic E-state index is 12.0. The molecule has 22 heavy (non-hydrogen) atoms. The highest BCUT2D eigenvalue weighted by Crippen LogP contribution is 2.15. The third-order valence-electron chi connectivity index (χ3n) is 3.71. The van der Waals surface area contributed by atoms with Crippen molar-refractivity contribution in [2.75, 3.05) is 19.6 Å². The van der Waals surface area contributed by atoms with E-state index < -0.39 is 6.61 Å². The normalized spacial score (nSPS) is 16.0. The van der Waals surface area contributed by atoms with Crippen molar-refractivity contribution in [1.29, 1.82) is 0 Å². The van der Waals surface area contributed by atoms with Crippen LogP contribution in [0.4, 0.5) is 8.78 Å². The molecule has 0 bridgehead atoms. The maximum Gasteiger partial charge on any atom is 0.387 e. The topological polar surface area (TPSA) is 41.6 Å². The minimum Gasteiger partial charge on any atom is -0.435 e. The molecule has 1 N–H and O–H groups in total. The third kappa shape index (κ3) is 5.60. The smallest absolute Gasteiger partial charge is 0.387 e. The Bertz CT molecular complexity index is 466. The predicted molar refractivity (Wildman–Crippen MR) is 79.8 cm³/mol. The van der Waals surface area contributed by atoms with Crippen LogP contribution in [0.2, 0.25) is 0 Å². The quantitative estimate of drug-likeness (QED) is 0.787. The van der Waals surface area contributed by atoms with Gasteiger partial charge in [-0.3, -0.25) is 4.79 Å².